The molecule has 0 aliphatic carbocycles. The lowest BCUT2D eigenvalue weighted by molar-refractivity contribution is -0.109. The molecule has 3 aromatic rings. The Balaban J connectivity index is 1.53. The molecule has 6 heteroatoms. The number of aryl methyl sites for hydroxylation is 1. The SMILES string of the molecule is Cc1oc2ccc(OCc3ccccc3)cc2c1C(=O)N[C@@H]1CN[C@H](C=O)C1. The number of carbonyl (C=O) groups is 2. The molecule has 1 amide bonds. The van der Waals surface area contributed by atoms with Gasteiger partial charge in [0.05, 0.1) is 11.6 Å². The van der Waals surface area contributed by atoms with Crippen LogP contribution in [0, 0.1) is 6.92 Å². The summed E-state index contributed by atoms with van der Waals surface area (Å²) in [5.74, 6) is 1.04. The van der Waals surface area contributed by atoms with Gasteiger partial charge in [-0.3, -0.25) is 4.79 Å². The Kier molecular flexibility index (Phi) is 5.12. The summed E-state index contributed by atoms with van der Waals surface area (Å²) in [5.41, 5.74) is 2.22. The number of hydrogen-bond acceptors (Lipinski definition) is 5. The predicted molar refractivity (Wildman–Crippen MR) is 105 cm³/mol. The van der Waals surface area contributed by atoms with Crippen LogP contribution in [0.5, 0.6) is 5.75 Å². The molecule has 28 heavy (non-hydrogen) atoms. The van der Waals surface area contributed by atoms with E-state index < -0.39 is 0 Å². The maximum Gasteiger partial charge on any atom is 0.255 e. The van der Waals surface area contributed by atoms with Crippen LogP contribution in [0.1, 0.15) is 28.1 Å². The fourth-order valence-electron chi connectivity index (χ4n) is 3.55. The molecule has 1 aliphatic heterocycles. The van der Waals surface area contributed by atoms with Gasteiger partial charge in [-0.15, -0.1) is 0 Å². The standard InChI is InChI=1S/C22H22N2O4/c1-14-21(22(26)24-16-9-17(12-25)23-11-16)19-10-18(7-8-20(19)28-14)27-13-15-5-3-2-4-6-15/h2-8,10,12,16-17,23H,9,11,13H2,1H3,(H,24,26)/t16-,17-/m0/s1. The van der Waals surface area contributed by atoms with Gasteiger partial charge in [-0.1, -0.05) is 30.3 Å². The Bertz CT molecular complexity index is 996. The van der Waals surface area contributed by atoms with Crippen LogP contribution < -0.4 is 15.4 Å². The Morgan fingerprint density at radius 2 is 2.11 bits per heavy atom. The summed E-state index contributed by atoms with van der Waals surface area (Å²) < 4.78 is 11.6. The first kappa shape index (κ1) is 18.3. The number of benzene rings is 2. The van der Waals surface area contributed by atoms with Crippen LogP contribution in [0.4, 0.5) is 0 Å². The molecule has 4 rings (SSSR count). The molecule has 2 atom stereocenters. The predicted octanol–water partition coefficient (Wildman–Crippen LogP) is 2.98. The lowest BCUT2D eigenvalue weighted by atomic mass is 10.1. The van der Waals surface area contributed by atoms with Gasteiger partial charge in [0.1, 0.15) is 30.0 Å². The molecule has 2 aromatic carbocycles. The van der Waals surface area contributed by atoms with Crippen molar-refractivity contribution in [1.29, 1.82) is 0 Å². The number of carbonyl (C=O) groups excluding carboxylic acids is 2. The van der Waals surface area contributed by atoms with Crippen molar-refractivity contribution in [2.24, 2.45) is 0 Å². The van der Waals surface area contributed by atoms with E-state index >= 15 is 0 Å². The molecule has 6 nitrogen and oxygen atoms in total. The van der Waals surface area contributed by atoms with E-state index in [-0.39, 0.29) is 18.0 Å². The molecule has 144 valence electrons. The molecule has 2 heterocycles. The smallest absolute Gasteiger partial charge is 0.255 e. The lowest BCUT2D eigenvalue weighted by Gasteiger charge is -2.11. The molecule has 1 aliphatic rings. The monoisotopic (exact) mass is 378 g/mol. The lowest BCUT2D eigenvalue weighted by Crippen LogP contribution is -2.36. The van der Waals surface area contributed by atoms with Crippen LogP contribution in [-0.4, -0.2) is 30.8 Å². The molecule has 0 unspecified atom stereocenters. The second-order valence-electron chi connectivity index (χ2n) is 7.02. The van der Waals surface area contributed by atoms with Crippen molar-refractivity contribution < 1.29 is 18.7 Å². The van der Waals surface area contributed by atoms with Crippen LogP contribution in [0.3, 0.4) is 0 Å². The van der Waals surface area contributed by atoms with E-state index in [1.165, 1.54) is 0 Å². The van der Waals surface area contributed by atoms with E-state index in [4.69, 9.17) is 9.15 Å². The van der Waals surface area contributed by atoms with Gasteiger partial charge < -0.3 is 24.6 Å². The van der Waals surface area contributed by atoms with Gasteiger partial charge in [0.25, 0.3) is 5.91 Å². The highest BCUT2D eigenvalue weighted by atomic mass is 16.5. The van der Waals surface area contributed by atoms with Crippen molar-refractivity contribution in [3.05, 3.63) is 65.4 Å². The summed E-state index contributed by atoms with van der Waals surface area (Å²) >= 11 is 0. The zero-order valence-corrected chi connectivity index (χ0v) is 15.6. The fourth-order valence-corrected chi connectivity index (χ4v) is 3.55. The third-order valence-electron chi connectivity index (χ3n) is 4.98. The summed E-state index contributed by atoms with van der Waals surface area (Å²) in [4.78, 5) is 23.7. The number of amides is 1. The molecule has 1 fully saturated rings. The van der Waals surface area contributed by atoms with Crippen molar-refractivity contribution in [1.82, 2.24) is 10.6 Å². The second kappa shape index (κ2) is 7.86. The van der Waals surface area contributed by atoms with Crippen LogP contribution in [0.15, 0.2) is 52.9 Å². The van der Waals surface area contributed by atoms with E-state index in [1.54, 1.807) is 6.92 Å². The third-order valence-corrected chi connectivity index (χ3v) is 4.98. The van der Waals surface area contributed by atoms with Crippen LogP contribution in [0.2, 0.25) is 0 Å². The summed E-state index contributed by atoms with van der Waals surface area (Å²) in [7, 11) is 0. The first-order valence-corrected chi connectivity index (χ1v) is 9.33. The molecule has 0 saturated carbocycles. The quantitative estimate of drug-likeness (QED) is 0.645. The third kappa shape index (κ3) is 3.77. The van der Waals surface area contributed by atoms with Crippen molar-refractivity contribution in [3.63, 3.8) is 0 Å². The van der Waals surface area contributed by atoms with Crippen LogP contribution in [0.25, 0.3) is 11.0 Å². The van der Waals surface area contributed by atoms with Crippen molar-refractivity contribution in [3.8, 4) is 5.75 Å². The molecule has 2 N–H and O–H groups in total. The van der Waals surface area contributed by atoms with E-state index in [2.05, 4.69) is 10.6 Å². The first-order chi connectivity index (χ1) is 13.6. The first-order valence-electron chi connectivity index (χ1n) is 9.33. The topological polar surface area (TPSA) is 80.6 Å². The van der Waals surface area contributed by atoms with Crippen molar-refractivity contribution >= 4 is 23.2 Å². The van der Waals surface area contributed by atoms with Gasteiger partial charge in [-0.2, -0.15) is 0 Å². The zero-order valence-electron chi connectivity index (χ0n) is 15.6. The van der Waals surface area contributed by atoms with E-state index in [0.717, 1.165) is 17.2 Å². The zero-order chi connectivity index (χ0) is 19.5. The number of hydrogen-bond donors (Lipinski definition) is 2. The number of furan rings is 1. The average molecular weight is 378 g/mol. The summed E-state index contributed by atoms with van der Waals surface area (Å²) in [6, 6.07) is 15.1. The number of rotatable bonds is 6. The minimum atomic E-state index is -0.203. The number of aldehydes is 1. The van der Waals surface area contributed by atoms with Crippen molar-refractivity contribution in [2.45, 2.75) is 32.0 Å². The summed E-state index contributed by atoms with van der Waals surface area (Å²) in [6.45, 7) is 2.81. The van der Waals surface area contributed by atoms with E-state index in [1.807, 2.05) is 48.5 Å². The Morgan fingerprint density at radius 1 is 1.29 bits per heavy atom. The molecular formula is C22H22N2O4. The highest BCUT2D eigenvalue weighted by molar-refractivity contribution is 6.07. The minimum absolute atomic E-state index is 0.0791. The summed E-state index contributed by atoms with van der Waals surface area (Å²) in [6.07, 6.45) is 1.47. The Hall–Kier alpha value is -3.12. The minimum Gasteiger partial charge on any atom is -0.489 e. The van der Waals surface area contributed by atoms with Gasteiger partial charge in [0.15, 0.2) is 0 Å². The normalized spacial score (nSPS) is 18.9. The van der Waals surface area contributed by atoms with Crippen molar-refractivity contribution in [2.75, 3.05) is 6.54 Å². The van der Waals surface area contributed by atoms with Crippen LogP contribution >= 0.6 is 0 Å². The molecule has 1 saturated heterocycles. The highest BCUT2D eigenvalue weighted by Gasteiger charge is 2.27. The average Bonchev–Trinajstić information content (AvgIpc) is 3.29. The van der Waals surface area contributed by atoms with Gasteiger partial charge in [0, 0.05) is 18.0 Å². The molecule has 0 spiro atoms. The largest absolute Gasteiger partial charge is 0.489 e. The molecular weight excluding hydrogens is 356 g/mol. The van der Waals surface area contributed by atoms with Gasteiger partial charge in [-0.25, -0.2) is 0 Å². The van der Waals surface area contributed by atoms with Gasteiger partial charge in [-0.05, 0) is 37.1 Å². The Labute approximate surface area is 162 Å². The maximum atomic E-state index is 12.9. The second-order valence-corrected chi connectivity index (χ2v) is 7.02. The Morgan fingerprint density at radius 3 is 2.86 bits per heavy atom. The fraction of sp³-hybridized carbons (Fsp3) is 0.273. The molecule has 0 radical (unpaired) electrons. The highest BCUT2D eigenvalue weighted by Crippen LogP contribution is 2.29. The molecule has 0 bridgehead atoms. The van der Waals surface area contributed by atoms with Gasteiger partial charge in [0.2, 0.25) is 0 Å². The summed E-state index contributed by atoms with van der Waals surface area (Å²) in [5, 5.41) is 6.79. The van der Waals surface area contributed by atoms with Gasteiger partial charge >= 0.3 is 0 Å². The van der Waals surface area contributed by atoms with Crippen LogP contribution in [-0.2, 0) is 11.4 Å². The molecule has 1 aromatic heterocycles. The number of fused-ring (bicyclic) bond motifs is 1. The van der Waals surface area contributed by atoms with E-state index in [0.29, 0.717) is 42.2 Å². The number of ether oxygens (including phenoxy) is 1. The van der Waals surface area contributed by atoms with E-state index in [9.17, 15) is 9.59 Å². The maximum absolute atomic E-state index is 12.9. The number of nitrogens with one attached hydrogen (secondary N) is 2.